The molecule has 5 heteroatoms. The lowest BCUT2D eigenvalue weighted by atomic mass is 10.1. The molecule has 2 nitrogen and oxygen atoms in total. The van der Waals surface area contributed by atoms with E-state index in [9.17, 15) is 4.39 Å². The fraction of sp³-hybridized carbons (Fsp3) is 0.278. The Labute approximate surface area is 146 Å². The smallest absolute Gasteiger partial charge is 0.170 e. The van der Waals surface area contributed by atoms with Gasteiger partial charge in [0.15, 0.2) is 5.11 Å². The molecule has 2 rings (SSSR count). The first-order valence-corrected chi connectivity index (χ1v) is 9.05. The number of thioether (sulfide) groups is 1. The first-order valence-electron chi connectivity index (χ1n) is 7.49. The molecule has 0 amide bonds. The Balaban J connectivity index is 1.68. The third-order valence-corrected chi connectivity index (χ3v) is 4.48. The molecule has 0 aromatic heterocycles. The second-order valence-electron chi connectivity index (χ2n) is 5.40. The Morgan fingerprint density at radius 3 is 2.52 bits per heavy atom. The predicted molar refractivity (Wildman–Crippen MR) is 103 cm³/mol. The SMILES string of the molecule is Cc1cc(C)cc(NC(=S)NCCSCc2ccccc2F)c1. The van der Waals surface area contributed by atoms with Gasteiger partial charge in [0, 0.05) is 23.7 Å². The van der Waals surface area contributed by atoms with Crippen molar-refractivity contribution in [2.45, 2.75) is 19.6 Å². The number of hydrogen-bond acceptors (Lipinski definition) is 2. The second kappa shape index (κ2) is 8.89. The van der Waals surface area contributed by atoms with Gasteiger partial charge in [0.2, 0.25) is 0 Å². The van der Waals surface area contributed by atoms with Crippen molar-refractivity contribution < 1.29 is 4.39 Å². The highest BCUT2D eigenvalue weighted by molar-refractivity contribution is 7.98. The van der Waals surface area contributed by atoms with Gasteiger partial charge >= 0.3 is 0 Å². The van der Waals surface area contributed by atoms with Gasteiger partial charge in [-0.2, -0.15) is 11.8 Å². The Morgan fingerprint density at radius 1 is 1.13 bits per heavy atom. The lowest BCUT2D eigenvalue weighted by molar-refractivity contribution is 0.617. The van der Waals surface area contributed by atoms with Crippen LogP contribution in [0.5, 0.6) is 0 Å². The van der Waals surface area contributed by atoms with E-state index < -0.39 is 0 Å². The highest BCUT2D eigenvalue weighted by Crippen LogP contribution is 2.15. The molecule has 2 aromatic rings. The average Bonchev–Trinajstić information content (AvgIpc) is 2.47. The maximum Gasteiger partial charge on any atom is 0.170 e. The zero-order valence-electron chi connectivity index (χ0n) is 13.4. The molecule has 23 heavy (non-hydrogen) atoms. The molecule has 2 aromatic carbocycles. The zero-order chi connectivity index (χ0) is 16.7. The molecule has 0 spiro atoms. The van der Waals surface area contributed by atoms with E-state index in [4.69, 9.17) is 12.2 Å². The molecule has 0 bridgehead atoms. The normalized spacial score (nSPS) is 10.4. The standard InChI is InChI=1S/C18H21FN2S2/c1-13-9-14(2)11-16(10-13)21-18(22)20-7-8-23-12-15-5-3-4-6-17(15)19/h3-6,9-11H,7-8,12H2,1-2H3,(H2,20,21,22). The van der Waals surface area contributed by atoms with Gasteiger partial charge in [-0.1, -0.05) is 24.3 Å². The van der Waals surface area contributed by atoms with Gasteiger partial charge in [-0.15, -0.1) is 0 Å². The molecule has 0 aliphatic heterocycles. The maximum atomic E-state index is 13.5. The predicted octanol–water partition coefficient (Wildman–Crippen LogP) is 4.66. The summed E-state index contributed by atoms with van der Waals surface area (Å²) >= 11 is 6.98. The fourth-order valence-corrected chi connectivity index (χ4v) is 3.32. The minimum Gasteiger partial charge on any atom is -0.362 e. The van der Waals surface area contributed by atoms with Crippen molar-refractivity contribution >= 4 is 34.8 Å². The van der Waals surface area contributed by atoms with Crippen LogP contribution >= 0.6 is 24.0 Å². The highest BCUT2D eigenvalue weighted by atomic mass is 32.2. The van der Waals surface area contributed by atoms with Crippen LogP contribution in [-0.4, -0.2) is 17.4 Å². The van der Waals surface area contributed by atoms with Crippen LogP contribution < -0.4 is 10.6 Å². The topological polar surface area (TPSA) is 24.1 Å². The number of thiocarbonyl (C=S) groups is 1. The quantitative estimate of drug-likeness (QED) is 0.585. The number of hydrogen-bond donors (Lipinski definition) is 2. The molecule has 122 valence electrons. The summed E-state index contributed by atoms with van der Waals surface area (Å²) in [5.41, 5.74) is 4.15. The second-order valence-corrected chi connectivity index (χ2v) is 6.91. The van der Waals surface area contributed by atoms with Gasteiger partial charge in [-0.05, 0) is 61.0 Å². The van der Waals surface area contributed by atoms with Crippen molar-refractivity contribution in [3.8, 4) is 0 Å². The van der Waals surface area contributed by atoms with Crippen LogP contribution in [0.15, 0.2) is 42.5 Å². The number of anilines is 1. The van der Waals surface area contributed by atoms with Gasteiger partial charge in [-0.3, -0.25) is 0 Å². The molecule has 0 saturated heterocycles. The van der Waals surface area contributed by atoms with Gasteiger partial charge in [0.25, 0.3) is 0 Å². The van der Waals surface area contributed by atoms with Gasteiger partial charge < -0.3 is 10.6 Å². The number of benzene rings is 2. The van der Waals surface area contributed by atoms with Crippen LogP contribution in [0.3, 0.4) is 0 Å². The van der Waals surface area contributed by atoms with Crippen LogP contribution in [0.25, 0.3) is 0 Å². The van der Waals surface area contributed by atoms with Gasteiger partial charge in [-0.25, -0.2) is 4.39 Å². The monoisotopic (exact) mass is 348 g/mol. The van der Waals surface area contributed by atoms with Crippen molar-refractivity contribution in [3.63, 3.8) is 0 Å². The van der Waals surface area contributed by atoms with Crippen LogP contribution in [-0.2, 0) is 5.75 Å². The summed E-state index contributed by atoms with van der Waals surface area (Å²) in [4.78, 5) is 0. The zero-order valence-corrected chi connectivity index (χ0v) is 15.0. The first-order chi connectivity index (χ1) is 11.0. The van der Waals surface area contributed by atoms with Crippen LogP contribution in [0, 0.1) is 19.7 Å². The summed E-state index contributed by atoms with van der Waals surface area (Å²) in [5, 5.41) is 6.98. The van der Waals surface area contributed by atoms with Crippen molar-refractivity contribution in [1.82, 2.24) is 5.32 Å². The molecule has 0 aliphatic rings. The number of halogens is 1. The lowest BCUT2D eigenvalue weighted by Gasteiger charge is -2.11. The molecule has 0 radical (unpaired) electrons. The van der Waals surface area contributed by atoms with E-state index in [0.717, 1.165) is 23.5 Å². The molecular weight excluding hydrogens is 327 g/mol. The molecule has 0 unspecified atom stereocenters. The number of aryl methyl sites for hydroxylation is 2. The Morgan fingerprint density at radius 2 is 1.83 bits per heavy atom. The summed E-state index contributed by atoms with van der Waals surface area (Å²) in [5.74, 6) is 1.40. The Hall–Kier alpha value is -1.59. The summed E-state index contributed by atoms with van der Waals surface area (Å²) in [6, 6.07) is 13.1. The van der Waals surface area contributed by atoms with Gasteiger partial charge in [0.1, 0.15) is 5.82 Å². The lowest BCUT2D eigenvalue weighted by Crippen LogP contribution is -2.30. The van der Waals surface area contributed by atoms with Crippen LogP contribution in [0.4, 0.5) is 10.1 Å². The van der Waals surface area contributed by atoms with Crippen molar-refractivity contribution in [2.75, 3.05) is 17.6 Å². The van der Waals surface area contributed by atoms with Crippen molar-refractivity contribution in [1.29, 1.82) is 0 Å². The molecule has 0 atom stereocenters. The first kappa shape index (κ1) is 17.8. The molecular formula is C18H21FN2S2. The molecule has 0 heterocycles. The number of nitrogens with one attached hydrogen (secondary N) is 2. The van der Waals surface area contributed by atoms with E-state index in [1.165, 1.54) is 17.2 Å². The molecule has 0 saturated carbocycles. The van der Waals surface area contributed by atoms with E-state index in [-0.39, 0.29) is 5.82 Å². The van der Waals surface area contributed by atoms with Gasteiger partial charge in [0.05, 0.1) is 0 Å². The summed E-state index contributed by atoms with van der Waals surface area (Å²) in [6.07, 6.45) is 0. The Kier molecular flexibility index (Phi) is 6.86. The minimum atomic E-state index is -0.139. The molecule has 0 fully saturated rings. The number of rotatable bonds is 6. The van der Waals surface area contributed by atoms with E-state index in [2.05, 4.69) is 42.7 Å². The van der Waals surface area contributed by atoms with E-state index >= 15 is 0 Å². The average molecular weight is 349 g/mol. The molecule has 2 N–H and O–H groups in total. The molecule has 0 aliphatic carbocycles. The largest absolute Gasteiger partial charge is 0.362 e. The Bertz CT molecular complexity index is 654. The fourth-order valence-electron chi connectivity index (χ4n) is 2.26. The summed E-state index contributed by atoms with van der Waals surface area (Å²) < 4.78 is 13.5. The summed E-state index contributed by atoms with van der Waals surface area (Å²) in [7, 11) is 0. The van der Waals surface area contributed by atoms with Crippen LogP contribution in [0.2, 0.25) is 0 Å². The maximum absolute atomic E-state index is 13.5. The van der Waals surface area contributed by atoms with E-state index in [1.807, 2.05) is 12.1 Å². The third kappa shape index (κ3) is 6.20. The minimum absolute atomic E-state index is 0.139. The summed E-state index contributed by atoms with van der Waals surface area (Å²) in [6.45, 7) is 4.87. The van der Waals surface area contributed by atoms with Crippen molar-refractivity contribution in [3.05, 3.63) is 65.0 Å². The van der Waals surface area contributed by atoms with E-state index in [0.29, 0.717) is 10.9 Å². The third-order valence-electron chi connectivity index (χ3n) is 3.23. The van der Waals surface area contributed by atoms with Crippen molar-refractivity contribution in [2.24, 2.45) is 0 Å². The van der Waals surface area contributed by atoms with E-state index in [1.54, 1.807) is 17.8 Å². The highest BCUT2D eigenvalue weighted by Gasteiger charge is 2.02. The van der Waals surface area contributed by atoms with Crippen LogP contribution in [0.1, 0.15) is 16.7 Å².